The van der Waals surface area contributed by atoms with Crippen molar-refractivity contribution in [1.29, 1.82) is 0 Å². The highest BCUT2D eigenvalue weighted by Crippen LogP contribution is 2.26. The molecule has 0 radical (unpaired) electrons. The van der Waals surface area contributed by atoms with Crippen LogP contribution in [0.15, 0.2) is 52.4 Å². The van der Waals surface area contributed by atoms with Gasteiger partial charge in [0.15, 0.2) is 21.5 Å². The van der Waals surface area contributed by atoms with Gasteiger partial charge in [-0.05, 0) is 95.7 Å². The van der Waals surface area contributed by atoms with E-state index in [1.54, 1.807) is 24.4 Å². The zero-order chi connectivity index (χ0) is 27.1. The topological polar surface area (TPSA) is 82.1 Å². The van der Waals surface area contributed by atoms with Gasteiger partial charge in [0.2, 0.25) is 9.84 Å². The van der Waals surface area contributed by atoms with Gasteiger partial charge in [-0.3, -0.25) is 0 Å². The van der Waals surface area contributed by atoms with Crippen molar-refractivity contribution in [3.05, 3.63) is 53.1 Å². The first kappa shape index (κ1) is 31.5. The lowest BCUT2D eigenvalue weighted by molar-refractivity contribution is -0.135. The highest BCUT2D eigenvalue weighted by atomic mass is 32.2. The molecule has 198 valence electrons. The summed E-state index contributed by atoms with van der Waals surface area (Å²) in [6, 6.07) is 7.25. The van der Waals surface area contributed by atoms with E-state index in [2.05, 4.69) is 45.8 Å². The molecule has 0 saturated heterocycles. The average molecular weight is 558 g/mol. The van der Waals surface area contributed by atoms with E-state index in [-0.39, 0.29) is 4.90 Å². The number of hydrogen-bond donors (Lipinski definition) is 0. The summed E-state index contributed by atoms with van der Waals surface area (Å²) in [7, 11) is -6.71. The van der Waals surface area contributed by atoms with Crippen LogP contribution in [0.5, 0.6) is 0 Å². The van der Waals surface area contributed by atoms with Crippen molar-refractivity contribution in [2.24, 2.45) is 0 Å². The molecular formula is C24H43NO6SSi3. The Balaban J connectivity index is 2.94. The number of esters is 1. The number of sulfone groups is 1. The Morgan fingerprint density at radius 3 is 1.94 bits per heavy atom. The smallest absolute Gasteiger partial charge is 0.349 e. The summed E-state index contributed by atoms with van der Waals surface area (Å²) in [4.78, 5) is 13.9. The van der Waals surface area contributed by atoms with Crippen molar-refractivity contribution in [3.8, 4) is 0 Å². The van der Waals surface area contributed by atoms with E-state index in [4.69, 9.17) is 13.0 Å². The maximum absolute atomic E-state index is 13.0. The minimum Gasteiger partial charge on any atom is -0.465 e. The minimum atomic E-state index is -4.00. The highest BCUT2D eigenvalue weighted by Gasteiger charge is 2.39. The van der Waals surface area contributed by atoms with Gasteiger partial charge in [-0.15, -0.1) is 0 Å². The predicted molar refractivity (Wildman–Crippen MR) is 150 cm³/mol. The lowest BCUT2D eigenvalue weighted by Gasteiger charge is -2.38. The molecule has 0 fully saturated rings. The molecule has 0 heterocycles. The van der Waals surface area contributed by atoms with Crippen LogP contribution in [0, 0.1) is 6.92 Å². The Hall–Kier alpha value is -1.51. The van der Waals surface area contributed by atoms with Gasteiger partial charge in [-0.25, -0.2) is 13.2 Å². The van der Waals surface area contributed by atoms with E-state index in [1.165, 1.54) is 25.3 Å². The second-order valence-corrected chi connectivity index (χ2v) is 25.6. The van der Waals surface area contributed by atoms with Crippen molar-refractivity contribution in [2.45, 2.75) is 70.1 Å². The molecule has 1 aromatic carbocycles. The van der Waals surface area contributed by atoms with Crippen molar-refractivity contribution in [2.75, 3.05) is 20.7 Å². The summed E-state index contributed by atoms with van der Waals surface area (Å²) in [6.45, 7) is 17.9. The quantitative estimate of drug-likeness (QED) is 0.138. The number of benzene rings is 1. The van der Waals surface area contributed by atoms with E-state index >= 15 is 0 Å². The third-order valence-electron chi connectivity index (χ3n) is 4.78. The van der Waals surface area contributed by atoms with Crippen LogP contribution in [-0.2, 0) is 27.6 Å². The van der Waals surface area contributed by atoms with Crippen LogP contribution in [-0.4, -0.2) is 65.2 Å². The van der Waals surface area contributed by atoms with Gasteiger partial charge in [0, 0.05) is 13.6 Å². The SMILES string of the molecule is COC(=O)/C(=C\C=C\N(C)CCC[Si](C)(O[Si](C)(C)C)O[Si](C)(C)C)S(=O)(=O)c1ccc(C)cc1. The van der Waals surface area contributed by atoms with Gasteiger partial charge in [0.1, 0.15) is 0 Å². The van der Waals surface area contributed by atoms with Crippen molar-refractivity contribution < 1.29 is 26.2 Å². The molecule has 1 rings (SSSR count). The minimum absolute atomic E-state index is 0.0514. The number of nitrogens with zero attached hydrogens (tertiary/aromatic N) is 1. The maximum atomic E-state index is 13.0. The lowest BCUT2D eigenvalue weighted by Crippen LogP contribution is -2.52. The molecule has 11 heteroatoms. The first-order chi connectivity index (χ1) is 15.9. The number of aryl methyl sites for hydroxylation is 1. The van der Waals surface area contributed by atoms with Crippen LogP contribution in [0.1, 0.15) is 12.0 Å². The second-order valence-electron chi connectivity index (χ2n) is 10.8. The van der Waals surface area contributed by atoms with E-state index in [9.17, 15) is 13.2 Å². The maximum Gasteiger partial charge on any atom is 0.349 e. The summed E-state index contributed by atoms with van der Waals surface area (Å²) in [6.07, 6.45) is 5.49. The monoisotopic (exact) mass is 557 g/mol. The largest absolute Gasteiger partial charge is 0.465 e. The first-order valence-electron chi connectivity index (χ1n) is 11.8. The third kappa shape index (κ3) is 11.4. The zero-order valence-corrected chi connectivity index (χ0v) is 26.8. The number of ether oxygens (including phenoxy) is 1. The fourth-order valence-electron chi connectivity index (χ4n) is 3.63. The molecular weight excluding hydrogens is 515 g/mol. The highest BCUT2D eigenvalue weighted by molar-refractivity contribution is 7.96. The van der Waals surface area contributed by atoms with Gasteiger partial charge in [-0.1, -0.05) is 17.7 Å². The number of hydrogen-bond acceptors (Lipinski definition) is 7. The van der Waals surface area contributed by atoms with Gasteiger partial charge < -0.3 is 17.9 Å². The van der Waals surface area contributed by atoms with Crippen LogP contribution in [0.25, 0.3) is 0 Å². The second kappa shape index (κ2) is 12.6. The standard InChI is InChI=1S/C24H43NO6SSi3/c1-21-14-16-22(17-15-21)32(27,28)23(24(26)29-3)13-11-18-25(2)19-12-20-35(10,30-33(4,5)6)31-34(7,8)9/h11,13-18H,12,19-20H2,1-10H3/b18-11+,23-13+. The molecule has 7 nitrogen and oxygen atoms in total. The summed E-state index contributed by atoms with van der Waals surface area (Å²) < 4.78 is 43.8. The Kier molecular flexibility index (Phi) is 11.4. The normalized spacial score (nSPS) is 13.8. The van der Waals surface area contributed by atoms with Crippen LogP contribution in [0.4, 0.5) is 0 Å². The summed E-state index contributed by atoms with van der Waals surface area (Å²) in [5.74, 6) is -0.897. The number of carbonyl (C=O) groups excluding carboxylic acids is 1. The van der Waals surface area contributed by atoms with Gasteiger partial charge in [0.25, 0.3) is 0 Å². The molecule has 0 aliphatic carbocycles. The van der Waals surface area contributed by atoms with E-state index in [0.717, 1.165) is 24.6 Å². The van der Waals surface area contributed by atoms with Crippen LogP contribution >= 0.6 is 0 Å². The molecule has 1 aromatic rings. The predicted octanol–water partition coefficient (Wildman–Crippen LogP) is 5.44. The molecule has 0 aliphatic rings. The molecule has 0 bridgehead atoms. The third-order valence-corrected chi connectivity index (χ3v) is 16.2. The summed E-state index contributed by atoms with van der Waals surface area (Å²) >= 11 is 0. The molecule has 0 amide bonds. The molecule has 0 aliphatic heterocycles. The summed E-state index contributed by atoms with van der Waals surface area (Å²) in [5, 5.41) is 0. The van der Waals surface area contributed by atoms with Gasteiger partial charge in [0.05, 0.1) is 12.0 Å². The summed E-state index contributed by atoms with van der Waals surface area (Å²) in [5.41, 5.74) is 0.929. The molecule has 0 atom stereocenters. The van der Waals surface area contributed by atoms with Gasteiger partial charge >= 0.3 is 14.5 Å². The first-order valence-corrected chi connectivity index (χ1v) is 22.6. The molecule has 0 N–H and O–H groups in total. The Morgan fingerprint density at radius 1 is 0.971 bits per heavy atom. The van der Waals surface area contributed by atoms with Crippen molar-refractivity contribution in [1.82, 2.24) is 4.90 Å². The Labute approximate surface area is 215 Å². The molecule has 0 spiro atoms. The van der Waals surface area contributed by atoms with Crippen LogP contribution in [0.3, 0.4) is 0 Å². The Morgan fingerprint density at radius 2 is 1.49 bits per heavy atom. The van der Waals surface area contributed by atoms with E-state index < -0.39 is 45.9 Å². The fraction of sp³-hybridized carbons (Fsp3) is 0.542. The Bertz CT molecular complexity index is 993. The number of rotatable bonds is 13. The van der Waals surface area contributed by atoms with Crippen molar-refractivity contribution in [3.63, 3.8) is 0 Å². The van der Waals surface area contributed by atoms with Crippen LogP contribution < -0.4 is 0 Å². The lowest BCUT2D eigenvalue weighted by atomic mass is 10.2. The molecule has 0 unspecified atom stereocenters. The zero-order valence-electron chi connectivity index (χ0n) is 23.0. The van der Waals surface area contributed by atoms with E-state index in [0.29, 0.717) is 0 Å². The number of methoxy groups -OCH3 is 1. The molecule has 35 heavy (non-hydrogen) atoms. The van der Waals surface area contributed by atoms with E-state index in [1.807, 2.05) is 18.9 Å². The average Bonchev–Trinajstić information content (AvgIpc) is 2.67. The fourth-order valence-corrected chi connectivity index (χ4v) is 17.5. The number of carbonyl (C=O) groups is 1. The number of allylic oxidation sites excluding steroid dienone is 2. The molecule has 0 saturated carbocycles. The van der Waals surface area contributed by atoms with Crippen molar-refractivity contribution >= 4 is 41.0 Å². The van der Waals surface area contributed by atoms with Crippen LogP contribution in [0.2, 0.25) is 51.9 Å². The molecule has 0 aromatic heterocycles. The van der Waals surface area contributed by atoms with Gasteiger partial charge in [-0.2, -0.15) is 0 Å².